The summed E-state index contributed by atoms with van der Waals surface area (Å²) in [5.74, 6) is 0.915. The number of benzene rings is 1. The zero-order valence-electron chi connectivity index (χ0n) is 15.0. The maximum absolute atomic E-state index is 4.86. The summed E-state index contributed by atoms with van der Waals surface area (Å²) < 4.78 is 4.86. The molecule has 0 aliphatic carbocycles. The number of rotatable bonds is 3. The van der Waals surface area contributed by atoms with Gasteiger partial charge in [0.1, 0.15) is 12.0 Å². The molecule has 25 heavy (non-hydrogen) atoms. The topological polar surface area (TPSA) is 56.9 Å². The van der Waals surface area contributed by atoms with E-state index < -0.39 is 0 Å². The first kappa shape index (κ1) is 19.6. The minimum Gasteiger partial charge on any atom is -0.368 e. The summed E-state index contributed by atoms with van der Waals surface area (Å²) in [6.07, 6.45) is 1.59. The molecule has 2 heterocycles. The quantitative estimate of drug-likeness (QED) is 0.439. The molecule has 7 heteroatoms. The number of piperazine rings is 1. The minimum atomic E-state index is 0. The Kier molecular flexibility index (Phi) is 7.10. The van der Waals surface area contributed by atoms with Gasteiger partial charge in [0.05, 0.1) is 6.54 Å². The molecule has 136 valence electrons. The van der Waals surface area contributed by atoms with Gasteiger partial charge < -0.3 is 19.6 Å². The van der Waals surface area contributed by atoms with Gasteiger partial charge in [0, 0.05) is 45.0 Å². The van der Waals surface area contributed by atoms with Crippen molar-refractivity contribution >= 4 is 35.6 Å². The number of nitrogens with zero attached hydrogens (tertiary/aromatic N) is 4. The Hall–Kier alpha value is -1.77. The predicted molar refractivity (Wildman–Crippen MR) is 112 cm³/mol. The first-order valence-corrected chi connectivity index (χ1v) is 8.35. The molecule has 1 aliphatic rings. The second-order valence-corrected chi connectivity index (χ2v) is 6.08. The van der Waals surface area contributed by atoms with Crippen LogP contribution in [0, 0.1) is 13.8 Å². The molecule has 0 bridgehead atoms. The smallest absolute Gasteiger partial charge is 0.194 e. The molecule has 1 fully saturated rings. The van der Waals surface area contributed by atoms with E-state index in [0.29, 0.717) is 6.54 Å². The van der Waals surface area contributed by atoms with Gasteiger partial charge in [-0.15, -0.1) is 24.0 Å². The van der Waals surface area contributed by atoms with Gasteiger partial charge >= 0.3 is 0 Å². The van der Waals surface area contributed by atoms with E-state index in [9.17, 15) is 0 Å². The minimum absolute atomic E-state index is 0. The highest BCUT2D eigenvalue weighted by Gasteiger charge is 2.21. The molecule has 0 spiro atoms. The van der Waals surface area contributed by atoms with E-state index in [-0.39, 0.29) is 24.0 Å². The lowest BCUT2D eigenvalue weighted by molar-refractivity contribution is 0.370. The number of anilines is 1. The van der Waals surface area contributed by atoms with Crippen LogP contribution in [0.1, 0.15) is 16.8 Å². The fraction of sp³-hybridized carbons (Fsp3) is 0.444. The largest absolute Gasteiger partial charge is 0.368 e. The highest BCUT2D eigenvalue weighted by Crippen LogP contribution is 2.23. The van der Waals surface area contributed by atoms with Crippen LogP contribution in [0.25, 0.3) is 0 Å². The molecule has 1 aliphatic heterocycles. The van der Waals surface area contributed by atoms with Gasteiger partial charge in [-0.05, 0) is 31.0 Å². The molecule has 1 aromatic carbocycles. The number of guanidine groups is 1. The maximum Gasteiger partial charge on any atom is 0.194 e. The number of hydrogen-bond acceptors (Lipinski definition) is 4. The SMILES string of the molecule is CN=C(NCc1ccon1)N1CCN(c2cccc(C)c2C)CC1.I. The zero-order valence-corrected chi connectivity index (χ0v) is 17.4. The van der Waals surface area contributed by atoms with Crippen LogP contribution in [0.3, 0.4) is 0 Å². The highest BCUT2D eigenvalue weighted by molar-refractivity contribution is 14.0. The molecule has 2 aromatic rings. The summed E-state index contributed by atoms with van der Waals surface area (Å²) in [7, 11) is 1.82. The molecule has 6 nitrogen and oxygen atoms in total. The summed E-state index contributed by atoms with van der Waals surface area (Å²) in [5, 5.41) is 7.27. The van der Waals surface area contributed by atoms with E-state index in [2.05, 4.69) is 57.3 Å². The summed E-state index contributed by atoms with van der Waals surface area (Å²) in [6.45, 7) is 8.89. The van der Waals surface area contributed by atoms with Gasteiger partial charge in [-0.3, -0.25) is 4.99 Å². The van der Waals surface area contributed by atoms with Crippen molar-refractivity contribution < 1.29 is 4.52 Å². The normalized spacial score (nSPS) is 15.1. The zero-order chi connectivity index (χ0) is 16.9. The summed E-state index contributed by atoms with van der Waals surface area (Å²) in [4.78, 5) is 9.15. The van der Waals surface area contributed by atoms with Crippen molar-refractivity contribution in [2.24, 2.45) is 4.99 Å². The average Bonchev–Trinajstić information content (AvgIpc) is 3.12. The summed E-state index contributed by atoms with van der Waals surface area (Å²) in [6, 6.07) is 8.39. The van der Waals surface area contributed by atoms with Crippen molar-refractivity contribution in [1.82, 2.24) is 15.4 Å². The molecule has 0 radical (unpaired) electrons. The highest BCUT2D eigenvalue weighted by atomic mass is 127. The molecule has 0 atom stereocenters. The van der Waals surface area contributed by atoms with E-state index in [1.54, 1.807) is 6.26 Å². The Morgan fingerprint density at radius 2 is 1.96 bits per heavy atom. The lowest BCUT2D eigenvalue weighted by Gasteiger charge is -2.38. The van der Waals surface area contributed by atoms with E-state index in [4.69, 9.17) is 4.52 Å². The van der Waals surface area contributed by atoms with Crippen molar-refractivity contribution in [2.45, 2.75) is 20.4 Å². The maximum atomic E-state index is 4.86. The third-order valence-electron chi connectivity index (χ3n) is 4.63. The standard InChI is InChI=1S/C18H25N5O.HI/c1-14-5-4-6-17(15(14)2)22-8-10-23(11-9-22)18(19-3)20-13-16-7-12-24-21-16;/h4-7,12H,8-11,13H2,1-3H3,(H,19,20);1H. The Morgan fingerprint density at radius 3 is 2.60 bits per heavy atom. The van der Waals surface area contributed by atoms with Gasteiger partial charge in [0.2, 0.25) is 0 Å². The Morgan fingerprint density at radius 1 is 1.20 bits per heavy atom. The van der Waals surface area contributed by atoms with E-state index in [0.717, 1.165) is 37.8 Å². The van der Waals surface area contributed by atoms with E-state index in [1.807, 2.05) is 13.1 Å². The number of hydrogen-bond donors (Lipinski definition) is 1. The molecule has 1 N–H and O–H groups in total. The van der Waals surface area contributed by atoms with Crippen molar-refractivity contribution in [2.75, 3.05) is 38.1 Å². The van der Waals surface area contributed by atoms with Gasteiger partial charge in [-0.1, -0.05) is 17.3 Å². The second kappa shape index (κ2) is 9.07. The lowest BCUT2D eigenvalue weighted by Crippen LogP contribution is -2.52. The van der Waals surface area contributed by atoms with Crippen molar-refractivity contribution in [1.29, 1.82) is 0 Å². The van der Waals surface area contributed by atoms with Crippen LogP contribution in [0.15, 0.2) is 40.0 Å². The fourth-order valence-electron chi connectivity index (χ4n) is 3.07. The van der Waals surface area contributed by atoms with Crippen molar-refractivity contribution in [3.8, 4) is 0 Å². The van der Waals surface area contributed by atoms with Gasteiger partial charge in [-0.2, -0.15) is 0 Å². The average molecular weight is 455 g/mol. The number of aryl methyl sites for hydroxylation is 1. The van der Waals surface area contributed by atoms with Crippen molar-refractivity contribution in [3.05, 3.63) is 47.3 Å². The third kappa shape index (κ3) is 4.65. The number of halogens is 1. The predicted octanol–water partition coefficient (Wildman–Crippen LogP) is 2.81. The summed E-state index contributed by atoms with van der Waals surface area (Å²) in [5.41, 5.74) is 4.95. The first-order chi connectivity index (χ1) is 11.7. The molecule has 0 saturated carbocycles. The Labute approximate surface area is 166 Å². The van der Waals surface area contributed by atoms with Crippen LogP contribution in [-0.4, -0.2) is 49.2 Å². The monoisotopic (exact) mass is 455 g/mol. The van der Waals surface area contributed by atoms with Crippen LogP contribution in [0.2, 0.25) is 0 Å². The van der Waals surface area contributed by atoms with Crippen LogP contribution < -0.4 is 10.2 Å². The van der Waals surface area contributed by atoms with Gasteiger partial charge in [0.25, 0.3) is 0 Å². The number of aliphatic imine (C=N–C) groups is 1. The molecule has 1 aromatic heterocycles. The molecule has 3 rings (SSSR count). The van der Waals surface area contributed by atoms with Crippen LogP contribution >= 0.6 is 24.0 Å². The lowest BCUT2D eigenvalue weighted by atomic mass is 10.1. The summed E-state index contributed by atoms with van der Waals surface area (Å²) >= 11 is 0. The molecule has 0 amide bonds. The number of aromatic nitrogens is 1. The van der Waals surface area contributed by atoms with Crippen LogP contribution in [0.4, 0.5) is 5.69 Å². The number of nitrogens with one attached hydrogen (secondary N) is 1. The van der Waals surface area contributed by atoms with Gasteiger partial charge in [-0.25, -0.2) is 0 Å². The van der Waals surface area contributed by atoms with E-state index >= 15 is 0 Å². The fourth-order valence-corrected chi connectivity index (χ4v) is 3.07. The molecular weight excluding hydrogens is 429 g/mol. The van der Waals surface area contributed by atoms with Gasteiger partial charge in [0.15, 0.2) is 5.96 Å². The molecular formula is C18H26IN5O. The second-order valence-electron chi connectivity index (χ2n) is 6.08. The van der Waals surface area contributed by atoms with Crippen LogP contribution in [0.5, 0.6) is 0 Å². The molecule has 1 saturated heterocycles. The Bertz CT molecular complexity index is 693. The Balaban J connectivity index is 0.00000225. The third-order valence-corrected chi connectivity index (χ3v) is 4.63. The van der Waals surface area contributed by atoms with Crippen molar-refractivity contribution in [3.63, 3.8) is 0 Å². The van der Waals surface area contributed by atoms with E-state index in [1.165, 1.54) is 16.8 Å². The molecule has 0 unspecified atom stereocenters. The first-order valence-electron chi connectivity index (χ1n) is 8.35. The van der Waals surface area contributed by atoms with Crippen LogP contribution in [-0.2, 0) is 6.54 Å².